The summed E-state index contributed by atoms with van der Waals surface area (Å²) in [5.41, 5.74) is -0.435. The van der Waals surface area contributed by atoms with Crippen LogP contribution in [0.5, 0.6) is 0 Å². The molecule has 150 valence electrons. The highest BCUT2D eigenvalue weighted by Crippen LogP contribution is 2.33. The van der Waals surface area contributed by atoms with Crippen molar-refractivity contribution in [1.29, 1.82) is 0 Å². The highest BCUT2D eigenvalue weighted by molar-refractivity contribution is 5.78. The van der Waals surface area contributed by atoms with E-state index in [1.54, 1.807) is 0 Å². The summed E-state index contributed by atoms with van der Waals surface area (Å²) in [5, 5.41) is 0. The van der Waals surface area contributed by atoms with Crippen molar-refractivity contribution in [2.75, 3.05) is 26.2 Å². The zero-order chi connectivity index (χ0) is 19.3. The second kappa shape index (κ2) is 9.09. The Bertz CT molecular complexity index is 478. The van der Waals surface area contributed by atoms with Crippen molar-refractivity contribution in [3.8, 4) is 0 Å². The van der Waals surface area contributed by atoms with E-state index in [1.807, 2.05) is 25.7 Å². The molecule has 0 saturated carbocycles. The summed E-state index contributed by atoms with van der Waals surface area (Å²) >= 11 is 0. The third kappa shape index (κ3) is 5.88. The molecule has 2 heterocycles. The minimum Gasteiger partial charge on any atom is -0.444 e. The summed E-state index contributed by atoms with van der Waals surface area (Å²) in [6, 6.07) is 0. The van der Waals surface area contributed by atoms with Crippen LogP contribution in [0.2, 0.25) is 0 Å². The number of rotatable bonds is 5. The number of likely N-dealkylation sites (tertiary alicyclic amines) is 2. The van der Waals surface area contributed by atoms with Gasteiger partial charge in [-0.05, 0) is 58.3 Å². The fraction of sp³-hybridized carbons (Fsp3) is 0.905. The van der Waals surface area contributed by atoms with E-state index in [4.69, 9.17) is 4.74 Å². The molecule has 0 bridgehead atoms. The number of amides is 2. The fourth-order valence-electron chi connectivity index (χ4n) is 4.20. The average Bonchev–Trinajstić information content (AvgIpc) is 3.08. The molecule has 2 rings (SSSR count). The number of ether oxygens (including phenoxy) is 1. The van der Waals surface area contributed by atoms with E-state index in [0.29, 0.717) is 17.7 Å². The van der Waals surface area contributed by atoms with Crippen LogP contribution < -0.4 is 0 Å². The van der Waals surface area contributed by atoms with Crippen LogP contribution in [-0.2, 0) is 9.53 Å². The Morgan fingerprint density at radius 3 is 2.19 bits per heavy atom. The van der Waals surface area contributed by atoms with Crippen molar-refractivity contribution in [3.63, 3.8) is 0 Å². The van der Waals surface area contributed by atoms with Gasteiger partial charge in [-0.1, -0.05) is 26.7 Å². The highest BCUT2D eigenvalue weighted by atomic mass is 16.6. The van der Waals surface area contributed by atoms with Crippen LogP contribution in [-0.4, -0.2) is 53.6 Å². The quantitative estimate of drug-likeness (QED) is 0.728. The van der Waals surface area contributed by atoms with Crippen LogP contribution in [0, 0.1) is 17.8 Å². The lowest BCUT2D eigenvalue weighted by Crippen LogP contribution is -2.43. The molecule has 2 atom stereocenters. The van der Waals surface area contributed by atoms with Crippen LogP contribution >= 0.6 is 0 Å². The summed E-state index contributed by atoms with van der Waals surface area (Å²) in [7, 11) is 0. The van der Waals surface area contributed by atoms with Gasteiger partial charge >= 0.3 is 6.09 Å². The number of nitrogens with zero attached hydrogens (tertiary/aromatic N) is 2. The third-order valence-corrected chi connectivity index (χ3v) is 5.81. The van der Waals surface area contributed by atoms with Gasteiger partial charge in [0.25, 0.3) is 0 Å². The van der Waals surface area contributed by atoms with Crippen LogP contribution in [0.4, 0.5) is 4.79 Å². The highest BCUT2D eigenvalue weighted by Gasteiger charge is 2.36. The van der Waals surface area contributed by atoms with E-state index in [0.717, 1.165) is 64.7 Å². The van der Waals surface area contributed by atoms with Gasteiger partial charge in [0, 0.05) is 32.1 Å². The van der Waals surface area contributed by atoms with Gasteiger partial charge in [-0.25, -0.2) is 4.79 Å². The number of unbranched alkanes of at least 4 members (excludes halogenated alkanes) is 1. The maximum atomic E-state index is 12.6. The fourth-order valence-corrected chi connectivity index (χ4v) is 4.20. The van der Waals surface area contributed by atoms with Crippen molar-refractivity contribution in [1.82, 2.24) is 9.80 Å². The van der Waals surface area contributed by atoms with E-state index in [9.17, 15) is 9.59 Å². The molecule has 0 aliphatic carbocycles. The predicted molar refractivity (Wildman–Crippen MR) is 104 cm³/mol. The minimum absolute atomic E-state index is 0.153. The predicted octanol–water partition coefficient (Wildman–Crippen LogP) is 4.31. The maximum Gasteiger partial charge on any atom is 0.410 e. The van der Waals surface area contributed by atoms with Crippen LogP contribution in [0.15, 0.2) is 0 Å². The molecule has 2 aliphatic rings. The number of piperidine rings is 1. The Hall–Kier alpha value is -1.26. The summed E-state index contributed by atoms with van der Waals surface area (Å²) in [6.45, 7) is 13.3. The van der Waals surface area contributed by atoms with Gasteiger partial charge in [-0.15, -0.1) is 0 Å². The SMILES string of the molecule is CCCC[C@@H](C)C(=O)N1CCC([C@@H]2CCN(C(=O)OC(C)(C)C)C2)CC1. The molecule has 0 unspecified atom stereocenters. The molecule has 0 radical (unpaired) electrons. The molecule has 0 N–H and O–H groups in total. The first-order valence-corrected chi connectivity index (χ1v) is 10.5. The molecule has 5 nitrogen and oxygen atoms in total. The van der Waals surface area contributed by atoms with Gasteiger partial charge in [0.15, 0.2) is 0 Å². The first-order valence-electron chi connectivity index (χ1n) is 10.5. The molecule has 5 heteroatoms. The molecule has 0 spiro atoms. The van der Waals surface area contributed by atoms with E-state index >= 15 is 0 Å². The Kier molecular flexibility index (Phi) is 7.36. The second-order valence-electron chi connectivity index (χ2n) is 9.18. The zero-order valence-corrected chi connectivity index (χ0v) is 17.4. The third-order valence-electron chi connectivity index (χ3n) is 5.81. The minimum atomic E-state index is -0.435. The molecule has 2 aliphatic heterocycles. The Morgan fingerprint density at radius 1 is 1.04 bits per heavy atom. The van der Waals surface area contributed by atoms with Crippen molar-refractivity contribution < 1.29 is 14.3 Å². The molecule has 2 fully saturated rings. The zero-order valence-electron chi connectivity index (χ0n) is 17.4. The van der Waals surface area contributed by atoms with Crippen LogP contribution in [0.3, 0.4) is 0 Å². The normalized spacial score (nSPS) is 23.2. The summed E-state index contributed by atoms with van der Waals surface area (Å²) in [5.74, 6) is 1.66. The molecule has 2 saturated heterocycles. The van der Waals surface area contributed by atoms with Gasteiger partial charge in [-0.3, -0.25) is 4.79 Å². The van der Waals surface area contributed by atoms with E-state index in [1.165, 1.54) is 0 Å². The summed E-state index contributed by atoms with van der Waals surface area (Å²) < 4.78 is 5.50. The molecule has 26 heavy (non-hydrogen) atoms. The molecular formula is C21H38N2O3. The van der Waals surface area contributed by atoms with Crippen molar-refractivity contribution >= 4 is 12.0 Å². The molecule has 0 aromatic heterocycles. The van der Waals surface area contributed by atoms with Crippen LogP contribution in [0.25, 0.3) is 0 Å². The standard InChI is InChI=1S/C21H38N2O3/c1-6-7-8-16(2)19(24)22-12-9-17(10-13-22)18-11-14-23(15-18)20(25)26-21(3,4)5/h16-18H,6-15H2,1-5H3/t16-,18-/m1/s1. The van der Waals surface area contributed by atoms with Gasteiger partial charge in [0.2, 0.25) is 5.91 Å². The second-order valence-corrected chi connectivity index (χ2v) is 9.18. The number of hydrogen-bond donors (Lipinski definition) is 0. The van der Waals surface area contributed by atoms with Crippen molar-refractivity contribution in [2.24, 2.45) is 17.8 Å². The van der Waals surface area contributed by atoms with Gasteiger partial charge in [0.05, 0.1) is 0 Å². The van der Waals surface area contributed by atoms with Crippen molar-refractivity contribution in [2.45, 2.75) is 78.7 Å². The van der Waals surface area contributed by atoms with E-state index in [2.05, 4.69) is 18.7 Å². The van der Waals surface area contributed by atoms with Crippen LogP contribution in [0.1, 0.15) is 73.1 Å². The average molecular weight is 367 g/mol. The first kappa shape index (κ1) is 21.0. The number of carbonyl (C=O) groups is 2. The lowest BCUT2D eigenvalue weighted by atomic mass is 9.83. The topological polar surface area (TPSA) is 49.9 Å². The Morgan fingerprint density at radius 2 is 1.62 bits per heavy atom. The largest absolute Gasteiger partial charge is 0.444 e. The Labute approximate surface area is 159 Å². The number of hydrogen-bond acceptors (Lipinski definition) is 3. The van der Waals surface area contributed by atoms with Gasteiger partial charge in [0.1, 0.15) is 5.60 Å². The monoisotopic (exact) mass is 366 g/mol. The smallest absolute Gasteiger partial charge is 0.410 e. The maximum absolute atomic E-state index is 12.6. The van der Waals surface area contributed by atoms with E-state index < -0.39 is 5.60 Å². The van der Waals surface area contributed by atoms with Gasteiger partial charge < -0.3 is 14.5 Å². The lowest BCUT2D eigenvalue weighted by Gasteiger charge is -2.36. The number of carbonyl (C=O) groups excluding carboxylic acids is 2. The van der Waals surface area contributed by atoms with Gasteiger partial charge in [-0.2, -0.15) is 0 Å². The molecule has 0 aromatic rings. The summed E-state index contributed by atoms with van der Waals surface area (Å²) in [6.07, 6.45) is 6.30. The van der Waals surface area contributed by atoms with Crippen molar-refractivity contribution in [3.05, 3.63) is 0 Å². The first-order chi connectivity index (χ1) is 12.2. The van der Waals surface area contributed by atoms with E-state index in [-0.39, 0.29) is 12.0 Å². The molecular weight excluding hydrogens is 328 g/mol. The molecule has 0 aromatic carbocycles. The Balaban J connectivity index is 1.76. The lowest BCUT2D eigenvalue weighted by molar-refractivity contribution is -0.136. The summed E-state index contributed by atoms with van der Waals surface area (Å²) in [4.78, 5) is 28.7. The molecule has 2 amide bonds.